The monoisotopic (exact) mass is 734 g/mol. The zero-order chi connectivity index (χ0) is 38.2. The van der Waals surface area contributed by atoms with E-state index in [1.807, 2.05) is 103 Å². The first-order chi connectivity index (χ1) is 28.1. The van der Waals surface area contributed by atoms with Gasteiger partial charge in [0.25, 0.3) is 5.56 Å². The van der Waals surface area contributed by atoms with Crippen molar-refractivity contribution in [1.29, 1.82) is 0 Å². The van der Waals surface area contributed by atoms with Crippen LogP contribution in [0.25, 0.3) is 105 Å². The number of hydrogen-bond acceptors (Lipinski definition) is 4. The minimum absolute atomic E-state index is 0.0675. The van der Waals surface area contributed by atoms with Crippen LogP contribution in [0.15, 0.2) is 175 Å². The van der Waals surface area contributed by atoms with Crippen molar-refractivity contribution >= 4 is 71.0 Å². The molecule has 270 valence electrons. The lowest BCUT2D eigenvalue weighted by atomic mass is 10.0. The molecule has 11 rings (SSSR count). The Labute approximate surface area is 327 Å². The third-order valence-electron chi connectivity index (χ3n) is 11.2. The highest BCUT2D eigenvalue weighted by Gasteiger charge is 2.24. The van der Waals surface area contributed by atoms with Gasteiger partial charge in [-0.3, -0.25) is 13.9 Å². The molecule has 7 aromatic carbocycles. The molecule has 0 unspecified atom stereocenters. The predicted octanol–water partition coefficient (Wildman–Crippen LogP) is 11.7. The molecule has 0 N–H and O–H groups in total. The van der Waals surface area contributed by atoms with Gasteiger partial charge in [-0.25, -0.2) is 4.98 Å². The number of allylic oxidation sites excluding steroid dienone is 2. The fraction of sp³-hybridized carbons (Fsp3) is 0.0400. The van der Waals surface area contributed by atoms with Crippen LogP contribution in [0, 0.1) is 0 Å². The number of aromatic nitrogens is 6. The van der Waals surface area contributed by atoms with Crippen LogP contribution in [-0.2, 0) is 0 Å². The summed E-state index contributed by atoms with van der Waals surface area (Å²) in [5, 5.41) is 6.64. The highest BCUT2D eigenvalue weighted by Crippen LogP contribution is 2.41. The summed E-state index contributed by atoms with van der Waals surface area (Å²) in [7, 11) is 0. The first-order valence-electron chi connectivity index (χ1n) is 19.1. The maximum Gasteiger partial charge on any atom is 0.263 e. The summed E-state index contributed by atoms with van der Waals surface area (Å²) in [4.78, 5) is 30.5. The minimum atomic E-state index is -0.0675. The van der Waals surface area contributed by atoms with Gasteiger partial charge in [-0.05, 0) is 55.6 Å². The molecule has 0 aliphatic rings. The zero-order valence-electron chi connectivity index (χ0n) is 31.3. The highest BCUT2D eigenvalue weighted by atomic mass is 16.1. The smallest absolute Gasteiger partial charge is 0.263 e. The number of benzene rings is 7. The van der Waals surface area contributed by atoms with Crippen LogP contribution >= 0.6 is 0 Å². The molecule has 0 saturated carbocycles. The number of nitrogens with zero attached hydrogens (tertiary/aromatic N) is 6. The Morgan fingerprint density at radius 2 is 1.00 bits per heavy atom. The topological polar surface area (TPSA) is 70.5 Å². The van der Waals surface area contributed by atoms with Gasteiger partial charge in [-0.1, -0.05) is 133 Å². The Morgan fingerprint density at radius 1 is 0.474 bits per heavy atom. The van der Waals surface area contributed by atoms with E-state index < -0.39 is 0 Å². The molecule has 0 aliphatic heterocycles. The third-order valence-corrected chi connectivity index (χ3v) is 11.2. The molecule has 0 saturated heterocycles. The van der Waals surface area contributed by atoms with Crippen molar-refractivity contribution in [3.63, 3.8) is 0 Å². The highest BCUT2D eigenvalue weighted by molar-refractivity contribution is 6.24. The second-order valence-electron chi connectivity index (χ2n) is 14.4. The molecule has 0 atom stereocenters. The number of pyridine rings is 1. The summed E-state index contributed by atoms with van der Waals surface area (Å²) in [6, 6.07) is 55.8. The normalized spacial score (nSPS) is 12.2. The standard InChI is InChI=1S/C50H34N6O/c1-3-31(2)54-45-38(28-27-37-35-23-13-15-25-42(35)55(46(37)45)34-21-11-6-12-22-34)39-30-44-40(29-41(39)49(54)57)36-24-14-16-26-43(36)56(44)50-52-47(32-17-7-4-8-18-32)51-48(53-50)33-19-9-5-10-20-33/h3-30H,1-2H3/b31-3+. The Balaban J connectivity index is 1.31. The molecular formula is C50H34N6O. The van der Waals surface area contributed by atoms with E-state index in [0.717, 1.165) is 82.4 Å². The summed E-state index contributed by atoms with van der Waals surface area (Å²) in [5.74, 6) is 1.66. The fourth-order valence-electron chi connectivity index (χ4n) is 8.54. The summed E-state index contributed by atoms with van der Waals surface area (Å²) < 4.78 is 6.33. The lowest BCUT2D eigenvalue weighted by Crippen LogP contribution is -2.20. The number of fused-ring (bicyclic) bond motifs is 10. The van der Waals surface area contributed by atoms with Crippen LogP contribution in [0.2, 0.25) is 0 Å². The number of para-hydroxylation sites is 3. The molecule has 0 amide bonds. The SMILES string of the molecule is C/C=C(\C)n1c(=O)c2cc3c4ccccc4n(-c4nc(-c5ccccc5)nc(-c5ccccc5)n4)c3cc2c2ccc3c4ccccc4n(-c4ccccc4)c3c21. The van der Waals surface area contributed by atoms with Crippen molar-refractivity contribution in [2.24, 2.45) is 0 Å². The fourth-order valence-corrected chi connectivity index (χ4v) is 8.54. The molecule has 0 fully saturated rings. The summed E-state index contributed by atoms with van der Waals surface area (Å²) in [6.45, 7) is 4.00. The molecule has 0 aliphatic carbocycles. The van der Waals surface area contributed by atoms with Crippen molar-refractivity contribution in [3.05, 3.63) is 180 Å². The van der Waals surface area contributed by atoms with Gasteiger partial charge in [-0.2, -0.15) is 9.97 Å². The second kappa shape index (κ2) is 12.7. The van der Waals surface area contributed by atoms with E-state index in [-0.39, 0.29) is 5.56 Å². The molecule has 0 bridgehead atoms. The lowest BCUT2D eigenvalue weighted by Gasteiger charge is -2.17. The third kappa shape index (κ3) is 4.92. The van der Waals surface area contributed by atoms with Crippen molar-refractivity contribution in [1.82, 2.24) is 28.7 Å². The number of rotatable bonds is 5. The summed E-state index contributed by atoms with van der Waals surface area (Å²) in [5.41, 5.74) is 8.38. The number of hydrogen-bond donors (Lipinski definition) is 0. The first-order valence-corrected chi connectivity index (χ1v) is 19.1. The van der Waals surface area contributed by atoms with Crippen molar-refractivity contribution in [2.75, 3.05) is 0 Å². The van der Waals surface area contributed by atoms with E-state index >= 15 is 4.79 Å². The van der Waals surface area contributed by atoms with Gasteiger partial charge in [0.2, 0.25) is 5.95 Å². The molecule has 0 radical (unpaired) electrons. The van der Waals surface area contributed by atoms with Gasteiger partial charge in [-0.15, -0.1) is 0 Å². The molecule has 7 nitrogen and oxygen atoms in total. The largest absolute Gasteiger partial charge is 0.307 e. The van der Waals surface area contributed by atoms with Crippen molar-refractivity contribution < 1.29 is 0 Å². The Morgan fingerprint density at radius 3 is 1.61 bits per heavy atom. The van der Waals surface area contributed by atoms with Crippen LogP contribution in [-0.4, -0.2) is 28.7 Å². The quantitative estimate of drug-likeness (QED) is 0.165. The zero-order valence-corrected chi connectivity index (χ0v) is 31.3. The minimum Gasteiger partial charge on any atom is -0.307 e. The van der Waals surface area contributed by atoms with E-state index in [2.05, 4.69) is 94.1 Å². The molecule has 7 heteroatoms. The average Bonchev–Trinajstić information content (AvgIpc) is 3.79. The van der Waals surface area contributed by atoms with Crippen LogP contribution in [0.5, 0.6) is 0 Å². The Hall–Kier alpha value is -7.64. The van der Waals surface area contributed by atoms with Crippen LogP contribution in [0.3, 0.4) is 0 Å². The molecule has 57 heavy (non-hydrogen) atoms. The van der Waals surface area contributed by atoms with E-state index in [9.17, 15) is 0 Å². The molecule has 4 heterocycles. The van der Waals surface area contributed by atoms with Crippen LogP contribution < -0.4 is 5.56 Å². The van der Waals surface area contributed by atoms with E-state index in [1.165, 1.54) is 0 Å². The first kappa shape index (κ1) is 32.8. The summed E-state index contributed by atoms with van der Waals surface area (Å²) >= 11 is 0. The van der Waals surface area contributed by atoms with E-state index in [4.69, 9.17) is 15.0 Å². The predicted molar refractivity (Wildman–Crippen MR) is 234 cm³/mol. The molecule has 4 aromatic heterocycles. The molecule has 0 spiro atoms. The van der Waals surface area contributed by atoms with Gasteiger partial charge in [0.1, 0.15) is 0 Å². The van der Waals surface area contributed by atoms with Crippen molar-refractivity contribution in [2.45, 2.75) is 13.8 Å². The summed E-state index contributed by atoms with van der Waals surface area (Å²) in [6.07, 6.45) is 2.01. The second-order valence-corrected chi connectivity index (χ2v) is 14.4. The van der Waals surface area contributed by atoms with Crippen LogP contribution in [0.4, 0.5) is 0 Å². The van der Waals surface area contributed by atoms with Gasteiger partial charge in [0, 0.05) is 54.8 Å². The van der Waals surface area contributed by atoms with Gasteiger partial charge in [0.05, 0.1) is 27.6 Å². The van der Waals surface area contributed by atoms with Crippen molar-refractivity contribution in [3.8, 4) is 34.4 Å². The molecular weight excluding hydrogens is 701 g/mol. The maximum atomic E-state index is 15.2. The Bertz CT molecular complexity index is 3430. The maximum absolute atomic E-state index is 15.2. The van der Waals surface area contributed by atoms with Gasteiger partial charge < -0.3 is 4.57 Å². The molecule has 11 aromatic rings. The van der Waals surface area contributed by atoms with Crippen LogP contribution in [0.1, 0.15) is 13.8 Å². The Kier molecular flexibility index (Phi) is 7.31. The van der Waals surface area contributed by atoms with Gasteiger partial charge in [0.15, 0.2) is 11.6 Å². The van der Waals surface area contributed by atoms with Gasteiger partial charge >= 0.3 is 0 Å². The average molecular weight is 735 g/mol. The van der Waals surface area contributed by atoms with E-state index in [0.29, 0.717) is 23.0 Å². The lowest BCUT2D eigenvalue weighted by molar-refractivity contribution is 0.954. The van der Waals surface area contributed by atoms with E-state index in [1.54, 1.807) is 0 Å².